The monoisotopic (exact) mass is 632 g/mol. The number of amides is 1. The molecule has 0 aliphatic carbocycles. The average Bonchev–Trinajstić information content (AvgIpc) is 3.78. The van der Waals surface area contributed by atoms with Gasteiger partial charge < -0.3 is 30.9 Å². The number of alkyl halides is 3. The normalized spacial score (nSPS) is 14.6. The molecule has 1 aliphatic heterocycles. The molecule has 3 aromatic heterocycles. The number of nitrogens with one attached hydrogen (secondary N) is 2. The molecule has 0 bridgehead atoms. The van der Waals surface area contributed by atoms with Crippen molar-refractivity contribution >= 4 is 29.5 Å². The Kier molecular flexibility index (Phi) is 11.5. The van der Waals surface area contributed by atoms with Crippen molar-refractivity contribution in [1.82, 2.24) is 29.5 Å². The van der Waals surface area contributed by atoms with Crippen molar-refractivity contribution in [1.29, 1.82) is 0 Å². The maximum Gasteiger partial charge on any atom is 0.435 e. The molecule has 13 nitrogen and oxygen atoms in total. The first-order valence-electron chi connectivity index (χ1n) is 14.3. The first-order chi connectivity index (χ1) is 21.7. The minimum absolute atomic E-state index is 0.0665. The van der Waals surface area contributed by atoms with Crippen LogP contribution in [0.15, 0.2) is 43.0 Å². The van der Waals surface area contributed by atoms with E-state index >= 15 is 0 Å². The third-order valence-corrected chi connectivity index (χ3v) is 6.99. The molecule has 1 amide bonds. The van der Waals surface area contributed by atoms with Crippen LogP contribution < -0.4 is 16.4 Å². The van der Waals surface area contributed by atoms with Crippen molar-refractivity contribution in [2.45, 2.75) is 32.5 Å². The highest BCUT2D eigenvalue weighted by atomic mass is 19.4. The van der Waals surface area contributed by atoms with Crippen molar-refractivity contribution < 1.29 is 37.3 Å². The molecule has 5 N–H and O–H groups in total. The van der Waals surface area contributed by atoms with E-state index in [9.17, 15) is 18.0 Å². The fraction of sp³-hybridized carbons (Fsp3) is 0.414. The fourth-order valence-electron chi connectivity index (χ4n) is 4.95. The maximum atomic E-state index is 14.0. The zero-order chi connectivity index (χ0) is 32.4. The fourth-order valence-corrected chi connectivity index (χ4v) is 4.95. The Bertz CT molecular complexity index is 1580. The standard InChI is InChI=1S/C28H33F3N8O3.CH2O2/c1-2-19-13-20(3-4-21(19)27(40)34-8-12-41-11-6-32)36-25-26-35-14-23(39(26)9-7-33-25)22-16-38(15-18-5-10-42-17-18)37-24(22)28(29,30)31;2-1-3/h3-4,7,9,13-14,16,18H,2,5-6,8,10-12,15,17,32H2,1H3,(H,33,36)(H,34,40);1H,(H,2,3). The number of carbonyl (C=O) groups excluding carboxylic acids is 1. The van der Waals surface area contributed by atoms with Crippen LogP contribution in [-0.4, -0.2) is 81.2 Å². The van der Waals surface area contributed by atoms with Crippen LogP contribution in [0.25, 0.3) is 16.9 Å². The number of rotatable bonds is 12. The lowest BCUT2D eigenvalue weighted by Crippen LogP contribution is -2.28. The van der Waals surface area contributed by atoms with Crippen LogP contribution in [0.2, 0.25) is 0 Å². The number of hydrogen-bond acceptors (Lipinski definition) is 9. The molecule has 16 heteroatoms. The van der Waals surface area contributed by atoms with E-state index in [-0.39, 0.29) is 29.6 Å². The van der Waals surface area contributed by atoms with Gasteiger partial charge in [0.2, 0.25) is 0 Å². The summed E-state index contributed by atoms with van der Waals surface area (Å²) >= 11 is 0. The number of anilines is 2. The lowest BCUT2D eigenvalue weighted by atomic mass is 10.0. The number of fused-ring (bicyclic) bond motifs is 1. The predicted octanol–water partition coefficient (Wildman–Crippen LogP) is 3.36. The molecule has 0 spiro atoms. The van der Waals surface area contributed by atoms with Crippen LogP contribution in [0, 0.1) is 5.92 Å². The van der Waals surface area contributed by atoms with Crippen LogP contribution >= 0.6 is 0 Å². The molecule has 4 aromatic rings. The van der Waals surface area contributed by atoms with Crippen LogP contribution in [0.4, 0.5) is 24.7 Å². The molecule has 1 saturated heterocycles. The summed E-state index contributed by atoms with van der Waals surface area (Å²) in [5.74, 6) is 0.250. The van der Waals surface area contributed by atoms with Gasteiger partial charge in [-0.1, -0.05) is 6.92 Å². The van der Waals surface area contributed by atoms with Crippen molar-refractivity contribution in [3.63, 3.8) is 0 Å². The molecule has 1 aromatic carbocycles. The first-order valence-corrected chi connectivity index (χ1v) is 14.3. The molecule has 4 heterocycles. The summed E-state index contributed by atoms with van der Waals surface area (Å²) in [6.45, 7) is 4.71. The van der Waals surface area contributed by atoms with E-state index < -0.39 is 11.9 Å². The summed E-state index contributed by atoms with van der Waals surface area (Å²) in [7, 11) is 0. The highest BCUT2D eigenvalue weighted by Gasteiger charge is 2.38. The van der Waals surface area contributed by atoms with Crippen molar-refractivity contribution in [3.05, 3.63) is 59.8 Å². The van der Waals surface area contributed by atoms with E-state index in [2.05, 4.69) is 25.7 Å². The van der Waals surface area contributed by atoms with Crippen LogP contribution in [0.3, 0.4) is 0 Å². The van der Waals surface area contributed by atoms with Gasteiger partial charge in [-0.15, -0.1) is 0 Å². The van der Waals surface area contributed by atoms with Gasteiger partial charge in [0.1, 0.15) is 0 Å². The number of carboxylic acid groups (broad SMARTS) is 1. The average molecular weight is 633 g/mol. The van der Waals surface area contributed by atoms with E-state index in [0.29, 0.717) is 75.2 Å². The number of aryl methyl sites for hydroxylation is 1. The van der Waals surface area contributed by atoms with E-state index in [1.54, 1.807) is 22.7 Å². The van der Waals surface area contributed by atoms with Crippen molar-refractivity contribution in [3.8, 4) is 11.3 Å². The second-order valence-electron chi connectivity index (χ2n) is 10.1. The number of carbonyl (C=O) groups is 2. The second kappa shape index (κ2) is 15.5. The molecular weight excluding hydrogens is 597 g/mol. The Morgan fingerprint density at radius 2 is 2.09 bits per heavy atom. The Balaban J connectivity index is 0.00000148. The van der Waals surface area contributed by atoms with Crippen LogP contribution in [-0.2, 0) is 33.4 Å². The summed E-state index contributed by atoms with van der Waals surface area (Å²) in [6.07, 6.45) is 2.59. The van der Waals surface area contributed by atoms with Crippen molar-refractivity contribution in [2.24, 2.45) is 11.7 Å². The number of benzene rings is 1. The molecule has 5 rings (SSSR count). The van der Waals surface area contributed by atoms with Gasteiger partial charge >= 0.3 is 6.18 Å². The number of halogens is 3. The molecule has 0 saturated carbocycles. The smallest absolute Gasteiger partial charge is 0.435 e. The van der Waals surface area contributed by atoms with Gasteiger partial charge in [-0.05, 0) is 36.6 Å². The Hall–Kier alpha value is -4.54. The Labute approximate surface area is 256 Å². The zero-order valence-corrected chi connectivity index (χ0v) is 24.6. The first kappa shape index (κ1) is 33.4. The maximum absolute atomic E-state index is 14.0. The largest absolute Gasteiger partial charge is 0.483 e. The summed E-state index contributed by atoms with van der Waals surface area (Å²) in [5.41, 5.74) is 6.95. The number of aromatic nitrogens is 5. The minimum atomic E-state index is -4.65. The van der Waals surface area contributed by atoms with Crippen LogP contribution in [0.5, 0.6) is 0 Å². The number of nitrogens with zero attached hydrogens (tertiary/aromatic N) is 5. The highest BCUT2D eigenvalue weighted by molar-refractivity contribution is 5.96. The lowest BCUT2D eigenvalue weighted by molar-refractivity contribution is -0.141. The van der Waals surface area contributed by atoms with Crippen LogP contribution in [0.1, 0.15) is 35.0 Å². The molecule has 0 radical (unpaired) electrons. The van der Waals surface area contributed by atoms with Gasteiger partial charge in [0.25, 0.3) is 12.4 Å². The number of hydrogen-bond donors (Lipinski definition) is 4. The third-order valence-electron chi connectivity index (χ3n) is 6.99. The molecule has 45 heavy (non-hydrogen) atoms. The van der Waals surface area contributed by atoms with Crippen molar-refractivity contribution in [2.75, 3.05) is 44.8 Å². The van der Waals surface area contributed by atoms with Gasteiger partial charge in [0, 0.05) is 62.0 Å². The Morgan fingerprint density at radius 1 is 1.29 bits per heavy atom. The minimum Gasteiger partial charge on any atom is -0.483 e. The molecule has 1 unspecified atom stereocenters. The third kappa shape index (κ3) is 8.34. The molecule has 1 atom stereocenters. The predicted molar refractivity (Wildman–Crippen MR) is 158 cm³/mol. The van der Waals surface area contributed by atoms with Gasteiger partial charge in [-0.25, -0.2) is 9.97 Å². The summed E-state index contributed by atoms with van der Waals surface area (Å²) in [5, 5.41) is 16.8. The summed E-state index contributed by atoms with van der Waals surface area (Å²) in [4.78, 5) is 29.8. The molecular formula is C29H35F3N8O5. The summed E-state index contributed by atoms with van der Waals surface area (Å²) < 4.78 is 55.6. The van der Waals surface area contributed by atoms with E-state index in [1.165, 1.54) is 23.3 Å². The zero-order valence-electron chi connectivity index (χ0n) is 24.6. The highest BCUT2D eigenvalue weighted by Crippen LogP contribution is 2.37. The molecule has 242 valence electrons. The van der Waals surface area contributed by atoms with E-state index in [1.807, 2.05) is 13.0 Å². The number of nitrogens with two attached hydrogens (primary N) is 1. The Morgan fingerprint density at radius 3 is 2.78 bits per heavy atom. The SMILES string of the molecule is CCc1cc(Nc2nccn3c(-c4cn(CC5CCOC5)nc4C(F)(F)F)cnc23)ccc1C(=O)NCCOCCN.O=CO. The lowest BCUT2D eigenvalue weighted by Gasteiger charge is -2.13. The van der Waals surface area contributed by atoms with Gasteiger partial charge in [0.05, 0.1) is 37.3 Å². The van der Waals surface area contributed by atoms with Gasteiger partial charge in [-0.2, -0.15) is 18.3 Å². The summed E-state index contributed by atoms with van der Waals surface area (Å²) in [6, 6.07) is 5.30. The molecule has 1 aliphatic rings. The van der Waals surface area contributed by atoms with E-state index in [0.717, 1.165) is 12.0 Å². The van der Waals surface area contributed by atoms with Gasteiger partial charge in [-0.3, -0.25) is 18.7 Å². The topological polar surface area (TPSA) is 171 Å². The van der Waals surface area contributed by atoms with E-state index in [4.69, 9.17) is 25.1 Å². The second-order valence-corrected chi connectivity index (χ2v) is 10.1. The quantitative estimate of drug-likeness (QED) is 0.134. The molecule has 1 fully saturated rings. The number of ether oxygens (including phenoxy) is 2. The number of imidazole rings is 1. The van der Waals surface area contributed by atoms with Gasteiger partial charge in [0.15, 0.2) is 17.2 Å².